The van der Waals surface area contributed by atoms with Gasteiger partial charge in [-0.25, -0.2) is 13.1 Å². The van der Waals surface area contributed by atoms with Crippen molar-refractivity contribution in [2.45, 2.75) is 6.04 Å². The number of furan rings is 1. The highest BCUT2D eigenvalue weighted by atomic mass is 32.2. The third-order valence-corrected chi connectivity index (χ3v) is 5.15. The number of sulfonamides is 1. The first kappa shape index (κ1) is 17.0. The predicted molar refractivity (Wildman–Crippen MR) is 93.6 cm³/mol. The fraction of sp³-hybridized carbons (Fsp3) is 0.412. The lowest BCUT2D eigenvalue weighted by Gasteiger charge is -2.37. The van der Waals surface area contributed by atoms with Crippen LogP contribution in [0.15, 0.2) is 53.1 Å². The third-order valence-electron chi connectivity index (χ3n) is 4.46. The molecule has 1 aliphatic rings. The largest absolute Gasteiger partial charge is 0.463 e. The van der Waals surface area contributed by atoms with Crippen LogP contribution < -0.4 is 14.5 Å². The van der Waals surface area contributed by atoms with Gasteiger partial charge in [-0.1, -0.05) is 18.2 Å². The van der Waals surface area contributed by atoms with Crippen LogP contribution in [-0.4, -0.2) is 47.4 Å². The van der Waals surface area contributed by atoms with E-state index in [1.807, 2.05) is 18.2 Å². The van der Waals surface area contributed by atoms with Gasteiger partial charge in [0, 0.05) is 5.69 Å². The summed E-state index contributed by atoms with van der Waals surface area (Å²) in [5, 5.41) is 0. The van der Waals surface area contributed by atoms with Crippen LogP contribution in [0.25, 0.3) is 0 Å². The van der Waals surface area contributed by atoms with E-state index in [1.165, 1.54) is 16.8 Å². The summed E-state index contributed by atoms with van der Waals surface area (Å²) in [6.45, 7) is 4.11. The maximum atomic E-state index is 11.5. The van der Waals surface area contributed by atoms with Crippen molar-refractivity contribution in [1.82, 2.24) is 4.72 Å². The Kier molecular flexibility index (Phi) is 5.23. The summed E-state index contributed by atoms with van der Waals surface area (Å²) in [6, 6.07) is 14.1. The van der Waals surface area contributed by atoms with E-state index in [0.29, 0.717) is 6.54 Å². The van der Waals surface area contributed by atoms with Crippen LogP contribution >= 0.6 is 0 Å². The Labute approximate surface area is 143 Å². The van der Waals surface area contributed by atoms with Crippen molar-refractivity contribution in [3.8, 4) is 0 Å². The summed E-state index contributed by atoms with van der Waals surface area (Å²) in [5.41, 5.74) is 1.24. The number of para-hydroxylation sites is 1. The summed E-state index contributed by atoms with van der Waals surface area (Å²) in [5.74, 6) is 0.828. The van der Waals surface area contributed by atoms with E-state index in [1.54, 1.807) is 6.26 Å². The van der Waals surface area contributed by atoms with Crippen molar-refractivity contribution in [2.75, 3.05) is 43.9 Å². The fourth-order valence-electron chi connectivity index (χ4n) is 3.21. The molecule has 0 spiro atoms. The monoisotopic (exact) mass is 350 g/mol. The quantitative estimate of drug-likeness (QED) is 0.785. The second-order valence-corrected chi connectivity index (χ2v) is 8.00. The van der Waals surface area contributed by atoms with Crippen molar-refractivity contribution >= 4 is 15.7 Å². The molecule has 1 aromatic carbocycles. The Bertz CT molecular complexity index is 724. The summed E-state index contributed by atoms with van der Waals surface area (Å²) in [7, 11) is -3.22. The number of hydrogen-bond acceptors (Lipinski definition) is 4. The zero-order chi connectivity index (χ0) is 17.0. The van der Waals surface area contributed by atoms with Crippen molar-refractivity contribution in [3.63, 3.8) is 0 Å². The Morgan fingerprint density at radius 3 is 2.46 bits per heavy atom. The number of benzene rings is 1. The molecule has 0 saturated carbocycles. The van der Waals surface area contributed by atoms with E-state index in [9.17, 15) is 8.42 Å². The number of rotatable bonds is 6. The fourth-order valence-corrected chi connectivity index (χ4v) is 3.68. The van der Waals surface area contributed by atoms with Gasteiger partial charge in [-0.15, -0.1) is 0 Å². The van der Waals surface area contributed by atoms with Gasteiger partial charge in [0.2, 0.25) is 10.0 Å². The van der Waals surface area contributed by atoms with Gasteiger partial charge in [0.25, 0.3) is 0 Å². The van der Waals surface area contributed by atoms with Crippen LogP contribution in [0, 0.1) is 0 Å². The molecular weight excluding hydrogens is 326 g/mol. The summed E-state index contributed by atoms with van der Waals surface area (Å²) in [4.78, 5) is 3.71. The molecule has 0 radical (unpaired) electrons. The predicted octanol–water partition coefficient (Wildman–Crippen LogP) is 0.275. The van der Waals surface area contributed by atoms with Crippen molar-refractivity contribution in [3.05, 3.63) is 54.5 Å². The lowest BCUT2D eigenvalue weighted by molar-refractivity contribution is -0.931. The number of quaternary nitrogens is 1. The molecular formula is C17H24N3O3S+. The first-order chi connectivity index (χ1) is 11.5. The molecule has 0 unspecified atom stereocenters. The van der Waals surface area contributed by atoms with Crippen molar-refractivity contribution < 1.29 is 17.7 Å². The molecule has 24 heavy (non-hydrogen) atoms. The van der Waals surface area contributed by atoms with Crippen molar-refractivity contribution in [1.29, 1.82) is 0 Å². The van der Waals surface area contributed by atoms with Gasteiger partial charge in [0.15, 0.2) is 11.8 Å². The highest BCUT2D eigenvalue weighted by molar-refractivity contribution is 7.88. The maximum Gasteiger partial charge on any atom is 0.208 e. The zero-order valence-electron chi connectivity index (χ0n) is 13.8. The molecule has 1 saturated heterocycles. The highest BCUT2D eigenvalue weighted by Gasteiger charge is 2.31. The molecule has 2 heterocycles. The average Bonchev–Trinajstić information content (AvgIpc) is 3.10. The summed E-state index contributed by atoms with van der Waals surface area (Å²) >= 11 is 0. The molecule has 1 atom stereocenters. The van der Waals surface area contributed by atoms with Gasteiger partial charge < -0.3 is 14.2 Å². The second kappa shape index (κ2) is 7.38. The molecule has 2 N–H and O–H groups in total. The molecule has 0 aliphatic carbocycles. The van der Waals surface area contributed by atoms with E-state index < -0.39 is 10.0 Å². The lowest BCUT2D eigenvalue weighted by Crippen LogP contribution is -3.15. The number of anilines is 1. The molecule has 2 aromatic rings. The van der Waals surface area contributed by atoms with Crippen LogP contribution in [0.1, 0.15) is 11.8 Å². The minimum Gasteiger partial charge on any atom is -0.463 e. The van der Waals surface area contributed by atoms with Gasteiger partial charge in [0.1, 0.15) is 0 Å². The molecule has 1 fully saturated rings. The van der Waals surface area contributed by atoms with Gasteiger partial charge >= 0.3 is 0 Å². The SMILES string of the molecule is CS(=O)(=O)NC[C@@H](c1ccco1)[NH+]1CCN(c2ccccc2)CC1. The van der Waals surface area contributed by atoms with Gasteiger partial charge in [0.05, 0.1) is 45.2 Å². The van der Waals surface area contributed by atoms with E-state index in [2.05, 4.69) is 33.9 Å². The summed E-state index contributed by atoms with van der Waals surface area (Å²) in [6.07, 6.45) is 2.83. The first-order valence-corrected chi connectivity index (χ1v) is 10.0. The standard InChI is InChI=1S/C17H23N3O3S/c1-24(21,22)18-14-16(17-8-5-13-23-17)20-11-9-19(10-12-20)15-6-3-2-4-7-15/h2-8,13,16,18H,9-12,14H2,1H3/p+1/t16-/m0/s1. The molecule has 0 bridgehead atoms. The van der Waals surface area contributed by atoms with E-state index in [-0.39, 0.29) is 6.04 Å². The molecule has 130 valence electrons. The Balaban J connectivity index is 1.66. The van der Waals surface area contributed by atoms with Crippen LogP contribution in [0.4, 0.5) is 5.69 Å². The van der Waals surface area contributed by atoms with Crippen molar-refractivity contribution in [2.24, 2.45) is 0 Å². The van der Waals surface area contributed by atoms with Crippen LogP contribution in [-0.2, 0) is 10.0 Å². The smallest absolute Gasteiger partial charge is 0.208 e. The van der Waals surface area contributed by atoms with Crippen LogP contribution in [0.2, 0.25) is 0 Å². The minimum atomic E-state index is -3.22. The Hall–Kier alpha value is -1.83. The molecule has 1 aliphatic heterocycles. The second-order valence-electron chi connectivity index (χ2n) is 6.17. The van der Waals surface area contributed by atoms with E-state index >= 15 is 0 Å². The van der Waals surface area contributed by atoms with Crippen LogP contribution in [0.5, 0.6) is 0 Å². The van der Waals surface area contributed by atoms with Gasteiger partial charge in [-0.05, 0) is 24.3 Å². The summed E-state index contributed by atoms with van der Waals surface area (Å²) < 4.78 is 31.1. The number of hydrogen-bond donors (Lipinski definition) is 2. The first-order valence-electron chi connectivity index (χ1n) is 8.15. The van der Waals surface area contributed by atoms with E-state index in [0.717, 1.165) is 31.9 Å². The van der Waals surface area contributed by atoms with Crippen LogP contribution in [0.3, 0.4) is 0 Å². The normalized spacial score (nSPS) is 17.8. The minimum absolute atomic E-state index is 0.00681. The maximum absolute atomic E-state index is 11.5. The van der Waals surface area contributed by atoms with Gasteiger partial charge in [-0.2, -0.15) is 0 Å². The average molecular weight is 350 g/mol. The highest BCUT2D eigenvalue weighted by Crippen LogP contribution is 2.14. The van der Waals surface area contributed by atoms with Gasteiger partial charge in [-0.3, -0.25) is 0 Å². The Morgan fingerprint density at radius 2 is 1.88 bits per heavy atom. The number of nitrogens with one attached hydrogen (secondary N) is 2. The third kappa shape index (κ3) is 4.37. The zero-order valence-corrected chi connectivity index (χ0v) is 14.6. The molecule has 1 aromatic heterocycles. The number of nitrogens with zero attached hydrogens (tertiary/aromatic N) is 1. The molecule has 6 nitrogen and oxygen atoms in total. The Morgan fingerprint density at radius 1 is 1.17 bits per heavy atom. The number of piperazine rings is 1. The lowest BCUT2D eigenvalue weighted by atomic mass is 10.1. The van der Waals surface area contributed by atoms with E-state index in [4.69, 9.17) is 4.42 Å². The topological polar surface area (TPSA) is 67.0 Å². The molecule has 3 rings (SSSR count). The molecule has 7 heteroatoms. The molecule has 0 amide bonds.